The molecule has 1 fully saturated rings. The third-order valence-electron chi connectivity index (χ3n) is 6.14. The van der Waals surface area contributed by atoms with Gasteiger partial charge in [-0.3, -0.25) is 4.40 Å². The zero-order valence-electron chi connectivity index (χ0n) is 17.2. The molecule has 150 valence electrons. The lowest BCUT2D eigenvalue weighted by Crippen LogP contribution is -2.31. The molecular formula is C23H28N6. The Balaban J connectivity index is 1.57. The van der Waals surface area contributed by atoms with Gasteiger partial charge in [0.25, 0.3) is 0 Å². The van der Waals surface area contributed by atoms with Gasteiger partial charge in [0.05, 0.1) is 16.7 Å². The Hall–Kier alpha value is -2.86. The Morgan fingerprint density at radius 2 is 1.83 bits per heavy atom. The van der Waals surface area contributed by atoms with E-state index in [9.17, 15) is 0 Å². The predicted molar refractivity (Wildman–Crippen MR) is 118 cm³/mol. The summed E-state index contributed by atoms with van der Waals surface area (Å²) in [7, 11) is 0. The molecule has 0 atom stereocenters. The number of nitrogens with one attached hydrogen (secondary N) is 2. The molecule has 1 saturated heterocycles. The minimum atomic E-state index is 0.703. The summed E-state index contributed by atoms with van der Waals surface area (Å²) in [5.41, 5.74) is 6.93. The molecule has 1 aliphatic rings. The van der Waals surface area contributed by atoms with Crippen molar-refractivity contribution in [3.63, 3.8) is 0 Å². The molecule has 1 aromatic carbocycles. The van der Waals surface area contributed by atoms with Crippen molar-refractivity contribution in [1.82, 2.24) is 24.5 Å². The van der Waals surface area contributed by atoms with Crippen molar-refractivity contribution in [2.75, 3.05) is 25.0 Å². The topological polar surface area (TPSA) is 59.2 Å². The van der Waals surface area contributed by atoms with E-state index in [-0.39, 0.29) is 0 Å². The van der Waals surface area contributed by atoms with Gasteiger partial charge in [-0.25, -0.2) is 0 Å². The summed E-state index contributed by atoms with van der Waals surface area (Å²) < 4.78 is 4.58. The van der Waals surface area contributed by atoms with Crippen LogP contribution in [0.4, 0.5) is 5.69 Å². The molecule has 5 rings (SSSR count). The monoisotopic (exact) mass is 388 g/mol. The molecule has 4 heterocycles. The largest absolute Gasteiger partial charge is 0.382 e. The van der Waals surface area contributed by atoms with Crippen molar-refractivity contribution in [3.05, 3.63) is 59.5 Å². The van der Waals surface area contributed by atoms with E-state index in [4.69, 9.17) is 0 Å². The summed E-state index contributed by atoms with van der Waals surface area (Å²) in [5, 5.41) is 16.0. The molecule has 4 aromatic rings. The number of anilines is 1. The molecule has 0 saturated carbocycles. The number of piperidine rings is 1. The van der Waals surface area contributed by atoms with Gasteiger partial charge in [-0.15, -0.1) is 10.2 Å². The minimum absolute atomic E-state index is 0.703. The molecule has 0 radical (unpaired) electrons. The molecule has 1 aliphatic heterocycles. The summed E-state index contributed by atoms with van der Waals surface area (Å²) in [4.78, 5) is 0. The van der Waals surface area contributed by atoms with E-state index in [1.54, 1.807) is 0 Å². The van der Waals surface area contributed by atoms with Crippen molar-refractivity contribution < 1.29 is 0 Å². The SMILES string of the molecule is Cc1cc2c(cc(NCC3CCNCC3)c3nnc(C)n32)n1Cc1ccccc1. The number of hydrogen-bond donors (Lipinski definition) is 2. The second-order valence-electron chi connectivity index (χ2n) is 8.17. The first-order valence-corrected chi connectivity index (χ1v) is 10.5. The van der Waals surface area contributed by atoms with E-state index < -0.39 is 0 Å². The summed E-state index contributed by atoms with van der Waals surface area (Å²) in [6, 6.07) is 15.1. The first-order chi connectivity index (χ1) is 14.2. The molecule has 29 heavy (non-hydrogen) atoms. The van der Waals surface area contributed by atoms with E-state index in [2.05, 4.69) is 79.2 Å². The van der Waals surface area contributed by atoms with Gasteiger partial charge < -0.3 is 15.2 Å². The lowest BCUT2D eigenvalue weighted by atomic mass is 9.98. The molecule has 0 bridgehead atoms. The highest BCUT2D eigenvalue weighted by molar-refractivity contribution is 5.88. The Morgan fingerprint density at radius 1 is 1.03 bits per heavy atom. The Labute approximate surface area is 170 Å². The molecule has 2 N–H and O–H groups in total. The van der Waals surface area contributed by atoms with Crippen LogP contribution < -0.4 is 10.6 Å². The maximum Gasteiger partial charge on any atom is 0.184 e. The van der Waals surface area contributed by atoms with Gasteiger partial charge in [0, 0.05) is 18.8 Å². The molecule has 6 heteroatoms. The van der Waals surface area contributed by atoms with Crippen LogP contribution in [0, 0.1) is 19.8 Å². The maximum absolute atomic E-state index is 4.48. The van der Waals surface area contributed by atoms with Gasteiger partial charge in [0.15, 0.2) is 5.65 Å². The average molecular weight is 389 g/mol. The van der Waals surface area contributed by atoms with E-state index in [1.165, 1.54) is 35.1 Å². The second kappa shape index (κ2) is 7.52. The van der Waals surface area contributed by atoms with Crippen molar-refractivity contribution in [1.29, 1.82) is 0 Å². The number of aromatic nitrogens is 4. The normalized spacial score (nSPS) is 15.4. The first-order valence-electron chi connectivity index (χ1n) is 10.5. The molecule has 0 amide bonds. The predicted octanol–water partition coefficient (Wildman–Crippen LogP) is 3.76. The number of nitrogens with zero attached hydrogens (tertiary/aromatic N) is 4. The lowest BCUT2D eigenvalue weighted by Gasteiger charge is -2.23. The fourth-order valence-electron chi connectivity index (χ4n) is 4.48. The van der Waals surface area contributed by atoms with Crippen LogP contribution in [0.5, 0.6) is 0 Å². The molecule has 6 nitrogen and oxygen atoms in total. The van der Waals surface area contributed by atoms with Crippen LogP contribution >= 0.6 is 0 Å². The van der Waals surface area contributed by atoms with Crippen LogP contribution in [0.2, 0.25) is 0 Å². The Morgan fingerprint density at radius 3 is 2.62 bits per heavy atom. The Kier molecular flexibility index (Phi) is 4.72. The summed E-state index contributed by atoms with van der Waals surface area (Å²) >= 11 is 0. The van der Waals surface area contributed by atoms with Gasteiger partial charge in [-0.2, -0.15) is 0 Å². The van der Waals surface area contributed by atoms with Crippen molar-refractivity contribution >= 4 is 22.4 Å². The van der Waals surface area contributed by atoms with Gasteiger partial charge in [-0.1, -0.05) is 30.3 Å². The highest BCUT2D eigenvalue weighted by atomic mass is 15.3. The standard InChI is InChI=1S/C23H28N6/c1-16-12-22-21(28(16)15-19-6-4-3-5-7-19)13-20(23-27-26-17(2)29(22)23)25-14-18-8-10-24-11-9-18/h3-7,12-13,18,24-25H,8-11,14-15H2,1-2H3. The number of benzene rings is 1. The van der Waals surface area contributed by atoms with Gasteiger partial charge in [0.1, 0.15) is 5.82 Å². The maximum atomic E-state index is 4.48. The zero-order valence-corrected chi connectivity index (χ0v) is 17.2. The highest BCUT2D eigenvalue weighted by Gasteiger charge is 2.18. The van der Waals surface area contributed by atoms with Crippen LogP contribution in [0.1, 0.15) is 29.9 Å². The van der Waals surface area contributed by atoms with E-state index in [0.29, 0.717) is 5.92 Å². The van der Waals surface area contributed by atoms with Gasteiger partial charge in [-0.05, 0) is 63.4 Å². The lowest BCUT2D eigenvalue weighted by molar-refractivity contribution is 0.390. The number of hydrogen-bond acceptors (Lipinski definition) is 4. The van der Waals surface area contributed by atoms with Crippen LogP contribution in [0.25, 0.3) is 16.7 Å². The van der Waals surface area contributed by atoms with Crippen LogP contribution in [0.15, 0.2) is 42.5 Å². The first kappa shape index (κ1) is 18.2. The fourth-order valence-corrected chi connectivity index (χ4v) is 4.48. The van der Waals surface area contributed by atoms with Gasteiger partial charge in [0.2, 0.25) is 0 Å². The quantitative estimate of drug-likeness (QED) is 0.547. The fraction of sp³-hybridized carbons (Fsp3) is 0.391. The second-order valence-corrected chi connectivity index (χ2v) is 8.17. The van der Waals surface area contributed by atoms with E-state index >= 15 is 0 Å². The minimum Gasteiger partial charge on any atom is -0.382 e. The third-order valence-corrected chi connectivity index (χ3v) is 6.14. The summed E-state index contributed by atoms with van der Waals surface area (Å²) in [6.07, 6.45) is 2.45. The molecular weight excluding hydrogens is 360 g/mol. The summed E-state index contributed by atoms with van der Waals surface area (Å²) in [5.74, 6) is 1.63. The number of rotatable bonds is 5. The van der Waals surface area contributed by atoms with Gasteiger partial charge >= 0.3 is 0 Å². The molecule has 0 aliphatic carbocycles. The highest BCUT2D eigenvalue weighted by Crippen LogP contribution is 2.29. The van der Waals surface area contributed by atoms with Crippen LogP contribution in [-0.4, -0.2) is 38.8 Å². The number of aryl methyl sites for hydroxylation is 2. The Bertz CT molecular complexity index is 1130. The van der Waals surface area contributed by atoms with E-state index in [0.717, 1.165) is 43.3 Å². The number of pyridine rings is 1. The average Bonchev–Trinajstić information content (AvgIpc) is 3.28. The zero-order chi connectivity index (χ0) is 19.8. The van der Waals surface area contributed by atoms with Crippen molar-refractivity contribution in [2.45, 2.75) is 33.2 Å². The number of fused-ring (bicyclic) bond motifs is 3. The molecule has 0 unspecified atom stereocenters. The van der Waals surface area contributed by atoms with E-state index in [1.807, 2.05) is 6.92 Å². The van der Waals surface area contributed by atoms with Crippen molar-refractivity contribution in [3.8, 4) is 0 Å². The van der Waals surface area contributed by atoms with Crippen molar-refractivity contribution in [2.24, 2.45) is 5.92 Å². The summed E-state index contributed by atoms with van der Waals surface area (Å²) in [6.45, 7) is 8.27. The van der Waals surface area contributed by atoms with Crippen LogP contribution in [0.3, 0.4) is 0 Å². The smallest absolute Gasteiger partial charge is 0.184 e. The molecule has 0 spiro atoms. The van der Waals surface area contributed by atoms with Crippen LogP contribution in [-0.2, 0) is 6.54 Å². The third kappa shape index (κ3) is 3.38. The molecule has 3 aromatic heterocycles.